The highest BCUT2D eigenvalue weighted by Crippen LogP contribution is 2.30. The lowest BCUT2D eigenvalue weighted by Crippen LogP contribution is -2.30. The van der Waals surface area contributed by atoms with Gasteiger partial charge in [0.25, 0.3) is 0 Å². The van der Waals surface area contributed by atoms with E-state index in [1.165, 1.54) is 19.3 Å². The van der Waals surface area contributed by atoms with Crippen LogP contribution in [0.3, 0.4) is 0 Å². The number of hydrogen-bond donors (Lipinski definition) is 0. The normalized spacial score (nSPS) is 14.4. The van der Waals surface area contributed by atoms with Gasteiger partial charge in [0, 0.05) is 18.7 Å². The molecular formula is C19H21N3O. The van der Waals surface area contributed by atoms with Crippen molar-refractivity contribution < 1.29 is 4.74 Å². The van der Waals surface area contributed by atoms with Gasteiger partial charge in [0.15, 0.2) is 0 Å². The number of rotatable bonds is 3. The Kier molecular flexibility index (Phi) is 4.47. The fourth-order valence-corrected chi connectivity index (χ4v) is 3.09. The number of nitriles is 1. The summed E-state index contributed by atoms with van der Waals surface area (Å²) in [5.74, 6) is 0.829. The molecule has 0 radical (unpaired) electrons. The highest BCUT2D eigenvalue weighted by Gasteiger charge is 2.18. The zero-order chi connectivity index (χ0) is 16.2. The molecule has 0 saturated carbocycles. The largest absolute Gasteiger partial charge is 0.497 e. The first kappa shape index (κ1) is 15.4. The zero-order valence-corrected chi connectivity index (χ0v) is 13.7. The molecule has 4 nitrogen and oxygen atoms in total. The number of aromatic nitrogens is 1. The quantitative estimate of drug-likeness (QED) is 0.862. The molecule has 2 heterocycles. The van der Waals surface area contributed by atoms with Crippen LogP contribution in [0.15, 0.2) is 30.3 Å². The summed E-state index contributed by atoms with van der Waals surface area (Å²) in [5.41, 5.74) is 4.46. The Bertz CT molecular complexity index is 726. The van der Waals surface area contributed by atoms with Crippen LogP contribution in [0.4, 0.5) is 5.69 Å². The van der Waals surface area contributed by atoms with E-state index in [-0.39, 0.29) is 0 Å². The van der Waals surface area contributed by atoms with Crippen LogP contribution in [0.25, 0.3) is 11.3 Å². The molecule has 23 heavy (non-hydrogen) atoms. The molecule has 0 N–H and O–H groups in total. The van der Waals surface area contributed by atoms with Gasteiger partial charge in [-0.2, -0.15) is 5.26 Å². The van der Waals surface area contributed by atoms with E-state index in [2.05, 4.69) is 22.0 Å². The third-order valence-electron chi connectivity index (χ3n) is 4.37. The second-order valence-electron chi connectivity index (χ2n) is 5.88. The molecule has 0 spiro atoms. The van der Waals surface area contributed by atoms with Crippen LogP contribution in [-0.4, -0.2) is 25.2 Å². The number of methoxy groups -OCH3 is 1. The van der Waals surface area contributed by atoms with Crippen LogP contribution in [0.5, 0.6) is 5.75 Å². The standard InChI is InChI=1S/C19H21N3O/c1-14-17(13-20)19(22-10-4-3-5-11-22)12-18(21-14)15-6-8-16(23-2)9-7-15/h6-9,12H,3-5,10-11H2,1-2H3. The highest BCUT2D eigenvalue weighted by atomic mass is 16.5. The molecule has 118 valence electrons. The summed E-state index contributed by atoms with van der Waals surface area (Å²) in [5, 5.41) is 9.53. The second-order valence-corrected chi connectivity index (χ2v) is 5.88. The van der Waals surface area contributed by atoms with Gasteiger partial charge in [-0.15, -0.1) is 0 Å². The van der Waals surface area contributed by atoms with Gasteiger partial charge in [0.1, 0.15) is 11.8 Å². The van der Waals surface area contributed by atoms with Crippen molar-refractivity contribution in [3.05, 3.63) is 41.6 Å². The van der Waals surface area contributed by atoms with Crippen LogP contribution < -0.4 is 9.64 Å². The summed E-state index contributed by atoms with van der Waals surface area (Å²) in [6, 6.07) is 12.3. The summed E-state index contributed by atoms with van der Waals surface area (Å²) in [6.45, 7) is 3.94. The fourth-order valence-electron chi connectivity index (χ4n) is 3.09. The molecule has 1 aromatic heterocycles. The fraction of sp³-hybridized carbons (Fsp3) is 0.368. The molecule has 0 unspecified atom stereocenters. The Balaban J connectivity index is 2.04. The summed E-state index contributed by atoms with van der Waals surface area (Å²) in [7, 11) is 1.66. The number of nitrogens with zero attached hydrogens (tertiary/aromatic N) is 3. The number of pyridine rings is 1. The summed E-state index contributed by atoms with van der Waals surface area (Å²) < 4.78 is 5.21. The summed E-state index contributed by atoms with van der Waals surface area (Å²) in [6.07, 6.45) is 3.64. The molecule has 1 saturated heterocycles. The molecule has 0 bridgehead atoms. The van der Waals surface area contributed by atoms with Crippen LogP contribution >= 0.6 is 0 Å². The van der Waals surface area contributed by atoms with Gasteiger partial charge in [-0.1, -0.05) is 0 Å². The van der Waals surface area contributed by atoms with E-state index >= 15 is 0 Å². The van der Waals surface area contributed by atoms with E-state index in [0.29, 0.717) is 5.56 Å². The van der Waals surface area contributed by atoms with Crippen LogP contribution in [0, 0.1) is 18.3 Å². The maximum atomic E-state index is 9.53. The maximum Gasteiger partial charge on any atom is 0.118 e. The molecule has 1 aliphatic rings. The SMILES string of the molecule is COc1ccc(-c2cc(N3CCCCC3)c(C#N)c(C)n2)cc1. The monoisotopic (exact) mass is 307 g/mol. The van der Waals surface area contributed by atoms with Gasteiger partial charge in [0.05, 0.1) is 29.7 Å². The van der Waals surface area contributed by atoms with Crippen molar-refractivity contribution in [1.29, 1.82) is 5.26 Å². The smallest absolute Gasteiger partial charge is 0.118 e. The van der Waals surface area contributed by atoms with Crippen molar-refractivity contribution >= 4 is 5.69 Å². The number of piperidine rings is 1. The van der Waals surface area contributed by atoms with Crippen molar-refractivity contribution in [1.82, 2.24) is 4.98 Å². The van der Waals surface area contributed by atoms with E-state index in [1.807, 2.05) is 31.2 Å². The average Bonchev–Trinajstić information content (AvgIpc) is 2.62. The number of anilines is 1. The molecule has 0 aliphatic carbocycles. The minimum Gasteiger partial charge on any atom is -0.497 e. The molecule has 4 heteroatoms. The number of ether oxygens (including phenoxy) is 1. The molecule has 0 amide bonds. The first-order chi connectivity index (χ1) is 11.2. The lowest BCUT2D eigenvalue weighted by atomic mass is 10.0. The summed E-state index contributed by atoms with van der Waals surface area (Å²) in [4.78, 5) is 6.96. The lowest BCUT2D eigenvalue weighted by Gasteiger charge is -2.30. The maximum absolute atomic E-state index is 9.53. The van der Waals surface area contributed by atoms with Gasteiger partial charge in [-0.3, -0.25) is 4.98 Å². The third-order valence-corrected chi connectivity index (χ3v) is 4.37. The van der Waals surface area contributed by atoms with Gasteiger partial charge in [-0.25, -0.2) is 0 Å². The van der Waals surface area contributed by atoms with E-state index in [9.17, 15) is 5.26 Å². The Labute approximate surface area is 137 Å². The Hall–Kier alpha value is -2.54. The van der Waals surface area contributed by atoms with E-state index in [0.717, 1.165) is 41.5 Å². The van der Waals surface area contributed by atoms with E-state index in [4.69, 9.17) is 4.74 Å². The van der Waals surface area contributed by atoms with Gasteiger partial charge in [-0.05, 0) is 56.5 Å². The molecule has 3 rings (SSSR count). The Morgan fingerprint density at radius 1 is 1.13 bits per heavy atom. The molecule has 1 aromatic carbocycles. The highest BCUT2D eigenvalue weighted by molar-refractivity contribution is 5.71. The predicted molar refractivity (Wildman–Crippen MR) is 91.7 cm³/mol. The van der Waals surface area contributed by atoms with Crippen molar-refractivity contribution in [3.8, 4) is 23.1 Å². The number of aryl methyl sites for hydroxylation is 1. The predicted octanol–water partition coefficient (Wildman–Crippen LogP) is 3.93. The molecule has 2 aromatic rings. The van der Waals surface area contributed by atoms with Crippen LogP contribution in [0.2, 0.25) is 0 Å². The van der Waals surface area contributed by atoms with Crippen molar-refractivity contribution in [2.45, 2.75) is 26.2 Å². The Morgan fingerprint density at radius 3 is 2.43 bits per heavy atom. The van der Waals surface area contributed by atoms with E-state index in [1.54, 1.807) is 7.11 Å². The topological polar surface area (TPSA) is 49.1 Å². The third kappa shape index (κ3) is 3.14. The number of benzene rings is 1. The van der Waals surface area contributed by atoms with E-state index < -0.39 is 0 Å². The van der Waals surface area contributed by atoms with Crippen molar-refractivity contribution in [2.24, 2.45) is 0 Å². The van der Waals surface area contributed by atoms with Gasteiger partial charge >= 0.3 is 0 Å². The average molecular weight is 307 g/mol. The second kappa shape index (κ2) is 6.70. The van der Waals surface area contributed by atoms with Crippen molar-refractivity contribution in [3.63, 3.8) is 0 Å². The summed E-state index contributed by atoms with van der Waals surface area (Å²) >= 11 is 0. The molecule has 1 aliphatic heterocycles. The van der Waals surface area contributed by atoms with Gasteiger partial charge in [0.2, 0.25) is 0 Å². The minimum absolute atomic E-state index is 0.698. The van der Waals surface area contributed by atoms with Crippen LogP contribution in [0.1, 0.15) is 30.5 Å². The first-order valence-corrected chi connectivity index (χ1v) is 8.04. The van der Waals surface area contributed by atoms with Crippen LogP contribution in [-0.2, 0) is 0 Å². The molecule has 1 fully saturated rings. The van der Waals surface area contributed by atoms with Gasteiger partial charge < -0.3 is 9.64 Å². The van der Waals surface area contributed by atoms with Crippen molar-refractivity contribution in [2.75, 3.05) is 25.1 Å². The molecule has 0 atom stereocenters. The first-order valence-electron chi connectivity index (χ1n) is 8.04. The lowest BCUT2D eigenvalue weighted by molar-refractivity contribution is 0.415. The molecular weight excluding hydrogens is 286 g/mol. The number of hydrogen-bond acceptors (Lipinski definition) is 4. The zero-order valence-electron chi connectivity index (χ0n) is 13.7. The minimum atomic E-state index is 0.698. The Morgan fingerprint density at radius 2 is 1.83 bits per heavy atom.